The van der Waals surface area contributed by atoms with Crippen molar-refractivity contribution in [1.29, 1.82) is 0 Å². The van der Waals surface area contributed by atoms with E-state index in [1.54, 1.807) is 6.07 Å². The van der Waals surface area contributed by atoms with Crippen LogP contribution in [0.1, 0.15) is 36.3 Å². The van der Waals surface area contributed by atoms with Crippen molar-refractivity contribution in [3.8, 4) is 0 Å². The number of nitrogens with one attached hydrogen (secondary N) is 4. The van der Waals surface area contributed by atoms with Gasteiger partial charge < -0.3 is 10.3 Å². The van der Waals surface area contributed by atoms with Gasteiger partial charge >= 0.3 is 0 Å². The van der Waals surface area contributed by atoms with Gasteiger partial charge in [-0.2, -0.15) is 0 Å². The van der Waals surface area contributed by atoms with E-state index in [2.05, 4.69) is 21.2 Å². The summed E-state index contributed by atoms with van der Waals surface area (Å²) in [6, 6.07) is 6.81. The average molecular weight is 330 g/mol. The summed E-state index contributed by atoms with van der Waals surface area (Å²) in [7, 11) is 0. The van der Waals surface area contributed by atoms with Crippen molar-refractivity contribution < 1.29 is 14.4 Å². The van der Waals surface area contributed by atoms with Gasteiger partial charge in [-0.1, -0.05) is 26.0 Å². The highest BCUT2D eigenvalue weighted by molar-refractivity contribution is 6.00. The molecule has 24 heavy (non-hydrogen) atoms. The summed E-state index contributed by atoms with van der Waals surface area (Å²) in [6.07, 6.45) is 0.823. The van der Waals surface area contributed by atoms with Gasteiger partial charge in [0.15, 0.2) is 0 Å². The molecule has 0 bridgehead atoms. The fraction of sp³-hybridized carbons (Fsp3) is 0.353. The van der Waals surface area contributed by atoms with Gasteiger partial charge in [-0.05, 0) is 37.0 Å². The first-order valence-electron chi connectivity index (χ1n) is 7.80. The van der Waals surface area contributed by atoms with Gasteiger partial charge in [0, 0.05) is 10.9 Å². The lowest BCUT2D eigenvalue weighted by molar-refractivity contribution is -0.126. The lowest BCUT2D eigenvalue weighted by Crippen LogP contribution is -2.51. The zero-order chi connectivity index (χ0) is 17.7. The number of carbonyl (C=O) groups excluding carboxylic acids is 3. The molecule has 1 heterocycles. The number of aromatic nitrogens is 1. The van der Waals surface area contributed by atoms with Crippen LogP contribution in [0, 0.1) is 12.8 Å². The summed E-state index contributed by atoms with van der Waals surface area (Å²) >= 11 is 0. The van der Waals surface area contributed by atoms with Crippen LogP contribution in [-0.4, -0.2) is 29.3 Å². The molecule has 7 nitrogen and oxygen atoms in total. The first-order valence-corrected chi connectivity index (χ1v) is 7.80. The summed E-state index contributed by atoms with van der Waals surface area (Å²) in [5.41, 5.74) is 6.68. The van der Waals surface area contributed by atoms with Crippen molar-refractivity contribution in [2.24, 2.45) is 5.92 Å². The SMILES string of the molecule is Cc1cccc2[nH]c(C(=O)N[C@@H](CC(C)C)C(=O)NNC=O)cc12. The molecule has 0 spiro atoms. The highest BCUT2D eigenvalue weighted by Crippen LogP contribution is 2.19. The Morgan fingerprint density at radius 1 is 1.29 bits per heavy atom. The number of hydrogen-bond donors (Lipinski definition) is 4. The van der Waals surface area contributed by atoms with Crippen LogP contribution in [0.4, 0.5) is 0 Å². The maximum Gasteiger partial charge on any atom is 0.268 e. The summed E-state index contributed by atoms with van der Waals surface area (Å²) in [4.78, 5) is 37.9. The standard InChI is InChI=1S/C17H22N4O3/c1-10(2)7-14(17(24)21-18-9-22)20-16(23)15-8-12-11(3)5-4-6-13(12)19-15/h4-6,8-10,14,19H,7H2,1-3H3,(H,18,22)(H,20,23)(H,21,24)/t14-/m0/s1. The van der Waals surface area contributed by atoms with Crippen LogP contribution in [0.15, 0.2) is 24.3 Å². The monoisotopic (exact) mass is 330 g/mol. The third-order valence-corrected chi connectivity index (χ3v) is 3.71. The third kappa shape index (κ3) is 4.13. The van der Waals surface area contributed by atoms with E-state index in [0.29, 0.717) is 18.5 Å². The second kappa shape index (κ2) is 7.63. The summed E-state index contributed by atoms with van der Waals surface area (Å²) in [6.45, 7) is 5.87. The highest BCUT2D eigenvalue weighted by Gasteiger charge is 2.23. The van der Waals surface area contributed by atoms with Crippen LogP contribution in [0.2, 0.25) is 0 Å². The Morgan fingerprint density at radius 2 is 2.04 bits per heavy atom. The number of fused-ring (bicyclic) bond motifs is 1. The zero-order valence-electron chi connectivity index (χ0n) is 14.0. The van der Waals surface area contributed by atoms with Gasteiger partial charge in [0.05, 0.1) is 0 Å². The molecule has 0 aliphatic carbocycles. The van der Waals surface area contributed by atoms with Crippen LogP contribution in [0.25, 0.3) is 10.9 Å². The van der Waals surface area contributed by atoms with Gasteiger partial charge in [-0.25, -0.2) is 0 Å². The van der Waals surface area contributed by atoms with E-state index >= 15 is 0 Å². The van der Waals surface area contributed by atoms with Crippen molar-refractivity contribution >= 4 is 29.1 Å². The van der Waals surface area contributed by atoms with Crippen LogP contribution in [-0.2, 0) is 9.59 Å². The van der Waals surface area contributed by atoms with Crippen LogP contribution in [0.3, 0.4) is 0 Å². The molecule has 2 aromatic rings. The molecule has 7 heteroatoms. The van der Waals surface area contributed by atoms with Crippen LogP contribution >= 0.6 is 0 Å². The number of aryl methyl sites for hydroxylation is 1. The summed E-state index contributed by atoms with van der Waals surface area (Å²) < 4.78 is 0. The van der Waals surface area contributed by atoms with Gasteiger partial charge in [-0.15, -0.1) is 0 Å². The zero-order valence-corrected chi connectivity index (χ0v) is 14.0. The van der Waals surface area contributed by atoms with Crippen molar-refractivity contribution in [2.75, 3.05) is 0 Å². The van der Waals surface area contributed by atoms with Gasteiger partial charge in [-0.3, -0.25) is 25.2 Å². The van der Waals surface area contributed by atoms with Crippen molar-refractivity contribution in [3.05, 3.63) is 35.5 Å². The Balaban J connectivity index is 2.17. The minimum absolute atomic E-state index is 0.197. The van der Waals surface area contributed by atoms with Gasteiger partial charge in [0.2, 0.25) is 6.41 Å². The smallest absolute Gasteiger partial charge is 0.268 e. The Morgan fingerprint density at radius 3 is 2.67 bits per heavy atom. The second-order valence-electron chi connectivity index (χ2n) is 6.13. The summed E-state index contributed by atoms with van der Waals surface area (Å²) in [5.74, 6) is -0.629. The maximum absolute atomic E-state index is 12.5. The van der Waals surface area contributed by atoms with Crippen molar-refractivity contribution in [3.63, 3.8) is 0 Å². The topological polar surface area (TPSA) is 103 Å². The quantitative estimate of drug-likeness (QED) is 0.456. The number of rotatable bonds is 7. The molecular formula is C17H22N4O3. The molecule has 0 fully saturated rings. The number of aromatic amines is 1. The van der Waals surface area contributed by atoms with E-state index in [-0.39, 0.29) is 11.8 Å². The largest absolute Gasteiger partial charge is 0.351 e. The molecule has 1 aromatic heterocycles. The second-order valence-corrected chi connectivity index (χ2v) is 6.13. The van der Waals surface area contributed by atoms with E-state index in [1.807, 2.05) is 39.0 Å². The predicted molar refractivity (Wildman–Crippen MR) is 91.1 cm³/mol. The molecule has 0 aliphatic rings. The molecular weight excluding hydrogens is 308 g/mol. The molecule has 128 valence electrons. The Bertz CT molecular complexity index is 751. The number of benzene rings is 1. The third-order valence-electron chi connectivity index (χ3n) is 3.71. The van der Waals surface area contributed by atoms with E-state index in [1.165, 1.54) is 0 Å². The molecule has 2 rings (SSSR count). The Hall–Kier alpha value is -2.83. The van der Waals surface area contributed by atoms with Crippen LogP contribution < -0.4 is 16.2 Å². The molecule has 3 amide bonds. The number of carbonyl (C=O) groups is 3. The van der Waals surface area contributed by atoms with Crippen molar-refractivity contribution in [2.45, 2.75) is 33.2 Å². The van der Waals surface area contributed by atoms with E-state index in [0.717, 1.165) is 16.5 Å². The first kappa shape index (κ1) is 17.5. The van der Waals surface area contributed by atoms with E-state index < -0.39 is 11.9 Å². The molecule has 0 radical (unpaired) electrons. The molecule has 0 saturated heterocycles. The fourth-order valence-corrected chi connectivity index (χ4v) is 2.56. The highest BCUT2D eigenvalue weighted by atomic mass is 16.2. The number of hydrazine groups is 1. The lowest BCUT2D eigenvalue weighted by atomic mass is 10.0. The van der Waals surface area contributed by atoms with Crippen molar-refractivity contribution in [1.82, 2.24) is 21.2 Å². The summed E-state index contributed by atoms with van der Waals surface area (Å²) in [5, 5.41) is 3.68. The number of hydrogen-bond acceptors (Lipinski definition) is 3. The normalized spacial score (nSPS) is 12.0. The van der Waals surface area contributed by atoms with Gasteiger partial charge in [0.1, 0.15) is 11.7 Å². The predicted octanol–water partition coefficient (Wildman–Crippen LogP) is 1.40. The number of amides is 3. The minimum atomic E-state index is -0.738. The average Bonchev–Trinajstić information content (AvgIpc) is 2.97. The Kier molecular flexibility index (Phi) is 5.57. The van der Waals surface area contributed by atoms with E-state index in [9.17, 15) is 14.4 Å². The first-order chi connectivity index (χ1) is 11.4. The lowest BCUT2D eigenvalue weighted by Gasteiger charge is -2.19. The maximum atomic E-state index is 12.5. The van der Waals surface area contributed by atoms with Gasteiger partial charge in [0.25, 0.3) is 11.8 Å². The minimum Gasteiger partial charge on any atom is -0.351 e. The molecule has 0 aliphatic heterocycles. The number of H-pyrrole nitrogens is 1. The molecule has 0 saturated carbocycles. The Labute approximate surface area is 140 Å². The molecule has 4 N–H and O–H groups in total. The van der Waals surface area contributed by atoms with E-state index in [4.69, 9.17) is 0 Å². The van der Waals surface area contributed by atoms with Crippen LogP contribution in [0.5, 0.6) is 0 Å². The molecule has 1 atom stereocenters. The molecule has 1 aromatic carbocycles. The fourth-order valence-electron chi connectivity index (χ4n) is 2.56. The molecule has 0 unspecified atom stereocenters.